The fourth-order valence-electron chi connectivity index (χ4n) is 5.04. The Bertz CT molecular complexity index is 891. The monoisotopic (exact) mass is 419 g/mol. The number of nitrogens with one attached hydrogen (secondary N) is 1. The first-order valence-corrected chi connectivity index (χ1v) is 11.3. The van der Waals surface area contributed by atoms with Gasteiger partial charge in [-0.2, -0.15) is 0 Å². The Morgan fingerprint density at radius 3 is 2.19 bits per heavy atom. The summed E-state index contributed by atoms with van der Waals surface area (Å²) in [6.07, 6.45) is 1.29. The first-order valence-electron chi connectivity index (χ1n) is 11.3. The van der Waals surface area contributed by atoms with Crippen LogP contribution in [-0.2, 0) is 22.6 Å². The van der Waals surface area contributed by atoms with Crippen molar-refractivity contribution in [1.82, 2.24) is 15.1 Å². The van der Waals surface area contributed by atoms with Crippen LogP contribution in [0.3, 0.4) is 0 Å². The summed E-state index contributed by atoms with van der Waals surface area (Å²) >= 11 is 0. The van der Waals surface area contributed by atoms with Crippen molar-refractivity contribution < 1.29 is 9.59 Å². The third-order valence-electron chi connectivity index (χ3n) is 6.55. The quantitative estimate of drug-likeness (QED) is 0.750. The van der Waals surface area contributed by atoms with Gasteiger partial charge < -0.3 is 10.2 Å². The van der Waals surface area contributed by atoms with Crippen molar-refractivity contribution in [2.45, 2.75) is 39.3 Å². The molecule has 5 nitrogen and oxygen atoms in total. The maximum atomic E-state index is 13.0. The molecule has 2 saturated heterocycles. The van der Waals surface area contributed by atoms with E-state index in [1.165, 1.54) is 11.1 Å². The van der Waals surface area contributed by atoms with Crippen molar-refractivity contribution >= 4 is 11.8 Å². The molecule has 2 amide bonds. The van der Waals surface area contributed by atoms with Gasteiger partial charge in [-0.05, 0) is 31.4 Å². The van der Waals surface area contributed by atoms with Gasteiger partial charge in [-0.15, -0.1) is 0 Å². The highest BCUT2D eigenvalue weighted by atomic mass is 16.2. The highest BCUT2D eigenvalue weighted by Gasteiger charge is 2.57. The van der Waals surface area contributed by atoms with E-state index in [1.54, 1.807) is 0 Å². The topological polar surface area (TPSA) is 52.7 Å². The van der Waals surface area contributed by atoms with Gasteiger partial charge in [0.05, 0.1) is 5.92 Å². The molecule has 2 aromatic rings. The normalized spacial score (nSPS) is 20.1. The fourth-order valence-corrected chi connectivity index (χ4v) is 5.04. The molecule has 1 unspecified atom stereocenters. The van der Waals surface area contributed by atoms with Crippen LogP contribution in [0.4, 0.5) is 0 Å². The summed E-state index contributed by atoms with van der Waals surface area (Å²) in [7, 11) is 0. The van der Waals surface area contributed by atoms with Gasteiger partial charge in [0.1, 0.15) is 0 Å². The van der Waals surface area contributed by atoms with Crippen LogP contribution in [0.25, 0.3) is 0 Å². The molecule has 0 aliphatic carbocycles. The first kappa shape index (κ1) is 21.6. The standard InChI is InChI=1S/C26H33N3O2/c1-20(2)27-25(31)23-16-28(15-22-11-7-4-8-12-22)17-26(23)18-29(19-26)24(30)14-13-21-9-5-3-6-10-21/h3-12,20,23H,13-19H2,1-2H3,(H,27,31). The van der Waals surface area contributed by atoms with Gasteiger partial charge in [0.15, 0.2) is 0 Å². The molecule has 31 heavy (non-hydrogen) atoms. The maximum absolute atomic E-state index is 13.0. The molecule has 0 bridgehead atoms. The Kier molecular flexibility index (Phi) is 6.42. The Hall–Kier alpha value is -2.66. The smallest absolute Gasteiger partial charge is 0.225 e. The number of amides is 2. The zero-order valence-corrected chi connectivity index (χ0v) is 18.6. The number of carbonyl (C=O) groups is 2. The van der Waals surface area contributed by atoms with Crippen LogP contribution in [-0.4, -0.2) is 53.8 Å². The van der Waals surface area contributed by atoms with Crippen molar-refractivity contribution in [1.29, 1.82) is 0 Å². The largest absolute Gasteiger partial charge is 0.354 e. The number of rotatable bonds is 7. The minimum Gasteiger partial charge on any atom is -0.354 e. The van der Waals surface area contributed by atoms with E-state index < -0.39 is 0 Å². The third-order valence-corrected chi connectivity index (χ3v) is 6.55. The van der Waals surface area contributed by atoms with Crippen LogP contribution >= 0.6 is 0 Å². The Balaban J connectivity index is 1.39. The van der Waals surface area contributed by atoms with E-state index in [-0.39, 0.29) is 29.2 Å². The lowest BCUT2D eigenvalue weighted by molar-refractivity contribution is -0.149. The number of carbonyl (C=O) groups excluding carboxylic acids is 2. The lowest BCUT2D eigenvalue weighted by Gasteiger charge is -2.50. The van der Waals surface area contributed by atoms with Gasteiger partial charge in [0, 0.05) is 50.6 Å². The van der Waals surface area contributed by atoms with E-state index in [4.69, 9.17) is 0 Å². The van der Waals surface area contributed by atoms with Crippen molar-refractivity contribution in [2.75, 3.05) is 26.2 Å². The molecule has 1 spiro atoms. The molecular formula is C26H33N3O2. The molecule has 164 valence electrons. The molecule has 1 N–H and O–H groups in total. The summed E-state index contributed by atoms with van der Waals surface area (Å²) in [5, 5.41) is 3.11. The Labute approximate surface area is 185 Å². The second-order valence-electron chi connectivity index (χ2n) is 9.47. The molecule has 0 aromatic heterocycles. The molecule has 2 heterocycles. The summed E-state index contributed by atoms with van der Waals surface area (Å²) in [4.78, 5) is 30.1. The third kappa shape index (κ3) is 4.99. The summed E-state index contributed by atoms with van der Waals surface area (Å²) in [6, 6.07) is 20.7. The molecule has 4 rings (SSSR count). The number of likely N-dealkylation sites (tertiary alicyclic amines) is 2. The summed E-state index contributed by atoms with van der Waals surface area (Å²) < 4.78 is 0. The molecule has 5 heteroatoms. The van der Waals surface area contributed by atoms with Crippen LogP contribution in [0, 0.1) is 11.3 Å². The second-order valence-corrected chi connectivity index (χ2v) is 9.47. The van der Waals surface area contributed by atoms with Crippen molar-refractivity contribution in [3.8, 4) is 0 Å². The van der Waals surface area contributed by atoms with Crippen molar-refractivity contribution in [3.63, 3.8) is 0 Å². The van der Waals surface area contributed by atoms with Crippen LogP contribution < -0.4 is 5.32 Å². The summed E-state index contributed by atoms with van der Waals surface area (Å²) in [5.74, 6) is 0.248. The van der Waals surface area contributed by atoms with Gasteiger partial charge in [-0.1, -0.05) is 60.7 Å². The number of hydrogen-bond acceptors (Lipinski definition) is 3. The summed E-state index contributed by atoms with van der Waals surface area (Å²) in [6.45, 7) is 7.82. The number of benzene rings is 2. The molecule has 0 saturated carbocycles. The Morgan fingerprint density at radius 1 is 0.968 bits per heavy atom. The highest BCUT2D eigenvalue weighted by molar-refractivity contribution is 5.82. The predicted octanol–water partition coefficient (Wildman–Crippen LogP) is 3.10. The minimum absolute atomic E-state index is 0.0724. The predicted molar refractivity (Wildman–Crippen MR) is 122 cm³/mol. The van der Waals surface area contributed by atoms with E-state index in [9.17, 15) is 9.59 Å². The lowest BCUT2D eigenvalue weighted by atomic mass is 9.71. The van der Waals surface area contributed by atoms with E-state index in [2.05, 4.69) is 46.6 Å². The molecule has 2 aliphatic heterocycles. The van der Waals surface area contributed by atoms with E-state index in [0.29, 0.717) is 19.5 Å². The SMILES string of the molecule is CC(C)NC(=O)C1CN(Cc2ccccc2)CC12CN(C(=O)CCc1ccccc1)C2. The average molecular weight is 420 g/mol. The first-order chi connectivity index (χ1) is 14.9. The molecule has 2 aliphatic rings. The average Bonchev–Trinajstić information content (AvgIpc) is 3.11. The van der Waals surface area contributed by atoms with E-state index in [1.807, 2.05) is 43.0 Å². The number of hydrogen-bond donors (Lipinski definition) is 1. The zero-order valence-electron chi connectivity index (χ0n) is 18.6. The van der Waals surface area contributed by atoms with Gasteiger partial charge >= 0.3 is 0 Å². The Morgan fingerprint density at radius 2 is 1.58 bits per heavy atom. The zero-order chi connectivity index (χ0) is 21.8. The molecule has 0 radical (unpaired) electrons. The molecule has 2 aromatic carbocycles. The van der Waals surface area contributed by atoms with Crippen LogP contribution in [0.2, 0.25) is 0 Å². The van der Waals surface area contributed by atoms with Gasteiger partial charge in [0.25, 0.3) is 0 Å². The number of nitrogens with zero attached hydrogens (tertiary/aromatic N) is 2. The molecule has 1 atom stereocenters. The number of aryl methyl sites for hydroxylation is 1. The fraction of sp³-hybridized carbons (Fsp3) is 0.462. The van der Waals surface area contributed by atoms with Crippen molar-refractivity contribution in [2.24, 2.45) is 11.3 Å². The van der Waals surface area contributed by atoms with Gasteiger partial charge in [0.2, 0.25) is 11.8 Å². The van der Waals surface area contributed by atoms with E-state index >= 15 is 0 Å². The highest BCUT2D eigenvalue weighted by Crippen LogP contribution is 2.44. The maximum Gasteiger partial charge on any atom is 0.225 e. The lowest BCUT2D eigenvalue weighted by Crippen LogP contribution is -2.64. The van der Waals surface area contributed by atoms with Gasteiger partial charge in [-0.25, -0.2) is 0 Å². The van der Waals surface area contributed by atoms with Crippen molar-refractivity contribution in [3.05, 3.63) is 71.8 Å². The van der Waals surface area contributed by atoms with Crippen LogP contribution in [0.5, 0.6) is 0 Å². The van der Waals surface area contributed by atoms with Crippen LogP contribution in [0.1, 0.15) is 31.4 Å². The second kappa shape index (κ2) is 9.23. The van der Waals surface area contributed by atoms with Crippen LogP contribution in [0.15, 0.2) is 60.7 Å². The minimum atomic E-state index is -0.129. The van der Waals surface area contributed by atoms with Gasteiger partial charge in [-0.3, -0.25) is 14.5 Å². The molecule has 2 fully saturated rings. The molecular weight excluding hydrogens is 386 g/mol. The van der Waals surface area contributed by atoms with E-state index in [0.717, 1.165) is 26.1 Å². The summed E-state index contributed by atoms with van der Waals surface area (Å²) in [5.41, 5.74) is 2.32.